The Labute approximate surface area is 265 Å². The van der Waals surface area contributed by atoms with E-state index in [1.165, 1.54) is 4.90 Å². The van der Waals surface area contributed by atoms with Crippen LogP contribution in [0, 0.1) is 11.8 Å². The van der Waals surface area contributed by atoms with Gasteiger partial charge in [0.1, 0.15) is 17.9 Å². The summed E-state index contributed by atoms with van der Waals surface area (Å²) in [6, 6.07) is 21.1. The second-order valence-corrected chi connectivity index (χ2v) is 13.4. The molecule has 5 rings (SSSR count). The summed E-state index contributed by atoms with van der Waals surface area (Å²) in [4.78, 5) is 27.6. The summed E-state index contributed by atoms with van der Waals surface area (Å²) in [5.41, 5.74) is 2.37. The summed E-state index contributed by atoms with van der Waals surface area (Å²) in [5.74, 6) is -1.22. The predicted octanol–water partition coefficient (Wildman–Crippen LogP) is 7.78. The van der Waals surface area contributed by atoms with Gasteiger partial charge in [0, 0.05) is 32.5 Å². The Morgan fingerprint density at radius 2 is 1.76 bits per heavy atom. The van der Waals surface area contributed by atoms with Gasteiger partial charge in [-0.3, -0.25) is 9.59 Å². The molecule has 3 aromatic carbocycles. The zero-order chi connectivity index (χ0) is 30.0. The highest BCUT2D eigenvalue weighted by Crippen LogP contribution is 2.53. The minimum Gasteiger partial charge on any atom is -0.487 e. The monoisotopic (exact) mass is 673 g/mol. The van der Waals surface area contributed by atoms with Crippen LogP contribution >= 0.6 is 39.1 Å². The molecular formula is C33H34BrCl2NO5. The maximum atomic E-state index is 14.3. The number of aliphatic carboxylic acids is 1. The second kappa shape index (κ2) is 13.0. The van der Waals surface area contributed by atoms with Crippen LogP contribution in [0.15, 0.2) is 71.2 Å². The second-order valence-electron chi connectivity index (χ2n) is 11.6. The fraction of sp³-hybridized carbons (Fsp3) is 0.394. The molecule has 222 valence electrons. The Kier molecular flexibility index (Phi) is 9.53. The molecule has 2 aliphatic heterocycles. The van der Waals surface area contributed by atoms with Gasteiger partial charge in [-0.2, -0.15) is 0 Å². The Morgan fingerprint density at radius 3 is 2.48 bits per heavy atom. The van der Waals surface area contributed by atoms with Crippen molar-refractivity contribution in [1.29, 1.82) is 0 Å². The summed E-state index contributed by atoms with van der Waals surface area (Å²) in [5, 5.41) is 11.0. The maximum absolute atomic E-state index is 14.3. The van der Waals surface area contributed by atoms with Gasteiger partial charge < -0.3 is 19.5 Å². The lowest BCUT2D eigenvalue weighted by atomic mass is 9.71. The molecule has 42 heavy (non-hydrogen) atoms. The van der Waals surface area contributed by atoms with Gasteiger partial charge >= 0.3 is 5.97 Å². The largest absolute Gasteiger partial charge is 0.487 e. The molecule has 0 radical (unpaired) electrons. The normalized spacial score (nSPS) is 22.4. The SMILES string of the molecule is CC1(C)Oc2ccc(Cl)cc2[C@@H]2O[C@H](Cc3cccc(Br)c3)[C@@H](C(=O)N(CCCc3ccc(Cl)cc3)CC(=O)O)C[C@H]21. The lowest BCUT2D eigenvalue weighted by molar-refractivity contribution is -0.184. The first-order chi connectivity index (χ1) is 20.0. The number of carboxylic acids is 1. The quantitative estimate of drug-likeness (QED) is 0.251. The molecule has 0 spiro atoms. The summed E-state index contributed by atoms with van der Waals surface area (Å²) >= 11 is 16.0. The van der Waals surface area contributed by atoms with Crippen molar-refractivity contribution in [2.24, 2.45) is 11.8 Å². The summed E-state index contributed by atoms with van der Waals surface area (Å²) in [6.07, 6.45) is 1.53. The van der Waals surface area contributed by atoms with E-state index >= 15 is 0 Å². The Bertz CT molecular complexity index is 1450. The Balaban J connectivity index is 1.44. The number of ether oxygens (including phenoxy) is 2. The summed E-state index contributed by atoms with van der Waals surface area (Å²) in [7, 11) is 0. The molecule has 1 amide bonds. The van der Waals surface area contributed by atoms with Crippen LogP contribution in [0.25, 0.3) is 0 Å². The first-order valence-corrected chi connectivity index (χ1v) is 15.7. The molecule has 1 N–H and O–H groups in total. The number of halogens is 3. The molecule has 9 heteroatoms. The van der Waals surface area contributed by atoms with E-state index in [0.29, 0.717) is 42.3 Å². The number of fused-ring (bicyclic) bond motifs is 3. The summed E-state index contributed by atoms with van der Waals surface area (Å²) in [6.45, 7) is 3.98. The Morgan fingerprint density at radius 1 is 1.02 bits per heavy atom. The van der Waals surface area contributed by atoms with Crippen molar-refractivity contribution in [2.45, 2.75) is 57.3 Å². The van der Waals surface area contributed by atoms with Crippen molar-refractivity contribution in [1.82, 2.24) is 4.90 Å². The Hall–Kier alpha value is -2.58. The number of carbonyl (C=O) groups excluding carboxylic acids is 1. The molecule has 0 saturated carbocycles. The van der Waals surface area contributed by atoms with Crippen LogP contribution in [0.4, 0.5) is 0 Å². The first-order valence-electron chi connectivity index (χ1n) is 14.1. The molecule has 0 unspecified atom stereocenters. The van der Waals surface area contributed by atoms with E-state index in [2.05, 4.69) is 15.9 Å². The average molecular weight is 675 g/mol. The van der Waals surface area contributed by atoms with Crippen molar-refractivity contribution >= 4 is 51.0 Å². The number of hydrogen-bond acceptors (Lipinski definition) is 4. The lowest BCUT2D eigenvalue weighted by Gasteiger charge is -2.51. The number of carbonyl (C=O) groups is 2. The average Bonchev–Trinajstić information content (AvgIpc) is 2.93. The van der Waals surface area contributed by atoms with E-state index in [9.17, 15) is 14.7 Å². The van der Waals surface area contributed by atoms with Gasteiger partial charge in [0.25, 0.3) is 0 Å². The molecule has 3 aromatic rings. The smallest absolute Gasteiger partial charge is 0.323 e. The van der Waals surface area contributed by atoms with Crippen molar-refractivity contribution < 1.29 is 24.2 Å². The number of rotatable bonds is 9. The fourth-order valence-electron chi connectivity index (χ4n) is 6.20. The van der Waals surface area contributed by atoms with Gasteiger partial charge in [-0.15, -0.1) is 0 Å². The number of amides is 1. The van der Waals surface area contributed by atoms with Gasteiger partial charge in [0.05, 0.1) is 18.1 Å². The van der Waals surface area contributed by atoms with Crippen LogP contribution < -0.4 is 4.74 Å². The molecule has 2 aliphatic rings. The van der Waals surface area contributed by atoms with Crippen molar-refractivity contribution in [3.8, 4) is 5.75 Å². The molecular weight excluding hydrogens is 641 g/mol. The van der Waals surface area contributed by atoms with Crippen LogP contribution in [0.5, 0.6) is 5.75 Å². The molecule has 0 bridgehead atoms. The minimum atomic E-state index is -1.04. The van der Waals surface area contributed by atoms with Crippen LogP contribution in [0.3, 0.4) is 0 Å². The van der Waals surface area contributed by atoms with E-state index in [1.54, 1.807) is 6.07 Å². The third-order valence-corrected chi connectivity index (χ3v) is 9.26. The zero-order valence-corrected chi connectivity index (χ0v) is 26.7. The highest BCUT2D eigenvalue weighted by molar-refractivity contribution is 9.10. The first kappa shape index (κ1) is 30.9. The van der Waals surface area contributed by atoms with Crippen LogP contribution in [-0.2, 0) is 27.2 Å². The molecule has 4 atom stereocenters. The molecule has 6 nitrogen and oxygen atoms in total. The molecule has 1 fully saturated rings. The lowest BCUT2D eigenvalue weighted by Crippen LogP contribution is -2.55. The number of carboxylic acid groups (broad SMARTS) is 1. The molecule has 2 heterocycles. The van der Waals surface area contributed by atoms with E-state index in [-0.39, 0.29) is 24.5 Å². The third kappa shape index (κ3) is 7.13. The van der Waals surface area contributed by atoms with E-state index in [4.69, 9.17) is 32.7 Å². The highest BCUT2D eigenvalue weighted by atomic mass is 79.9. The van der Waals surface area contributed by atoms with Gasteiger partial charge in [0.2, 0.25) is 5.91 Å². The van der Waals surface area contributed by atoms with Gasteiger partial charge in [0.15, 0.2) is 0 Å². The maximum Gasteiger partial charge on any atom is 0.323 e. The standard InChI is InChI=1S/C33H34BrCl2NO5/c1-33(2)27-18-26(32(40)37(19-30(38)39)14-4-6-20-8-10-23(35)11-9-20)29(16-21-5-3-7-22(34)15-21)41-31(27)25-17-24(36)12-13-28(25)42-33/h3,5,7-13,15,17,26-27,29,31H,4,6,14,16,18-19H2,1-2H3,(H,38,39)/t26-,27+,29+,31-/m0/s1. The highest BCUT2D eigenvalue weighted by Gasteiger charge is 2.52. The number of hydrogen-bond donors (Lipinski definition) is 1. The molecule has 1 saturated heterocycles. The topological polar surface area (TPSA) is 76.1 Å². The van der Waals surface area contributed by atoms with Crippen LogP contribution in [0.2, 0.25) is 10.0 Å². The van der Waals surface area contributed by atoms with Crippen molar-refractivity contribution in [3.05, 3.63) is 97.9 Å². The molecule has 0 aromatic heterocycles. The van der Waals surface area contributed by atoms with E-state index in [1.807, 2.05) is 74.5 Å². The summed E-state index contributed by atoms with van der Waals surface area (Å²) < 4.78 is 14.2. The minimum absolute atomic E-state index is 0.142. The zero-order valence-electron chi connectivity index (χ0n) is 23.6. The van der Waals surface area contributed by atoms with Gasteiger partial charge in [-0.1, -0.05) is 63.4 Å². The number of benzene rings is 3. The van der Waals surface area contributed by atoms with Gasteiger partial charge in [-0.05, 0) is 93.1 Å². The van der Waals surface area contributed by atoms with Crippen molar-refractivity contribution in [2.75, 3.05) is 13.1 Å². The third-order valence-electron chi connectivity index (χ3n) is 8.28. The van der Waals surface area contributed by atoms with Gasteiger partial charge in [-0.25, -0.2) is 0 Å². The number of nitrogens with zero attached hydrogens (tertiary/aromatic N) is 1. The molecule has 0 aliphatic carbocycles. The fourth-order valence-corrected chi connectivity index (χ4v) is 6.95. The van der Waals surface area contributed by atoms with E-state index < -0.39 is 23.6 Å². The predicted molar refractivity (Wildman–Crippen MR) is 167 cm³/mol. The van der Waals surface area contributed by atoms with Crippen LogP contribution in [-0.4, -0.2) is 46.7 Å². The van der Waals surface area contributed by atoms with E-state index in [0.717, 1.165) is 26.9 Å². The van der Waals surface area contributed by atoms with Crippen LogP contribution in [0.1, 0.15) is 49.5 Å². The van der Waals surface area contributed by atoms with Crippen molar-refractivity contribution in [3.63, 3.8) is 0 Å². The number of aryl methyl sites for hydroxylation is 1.